The molecular weight excluding hydrogens is 452 g/mol. The van der Waals surface area contributed by atoms with Crippen LogP contribution in [0.5, 0.6) is 0 Å². The zero-order chi connectivity index (χ0) is 24.5. The first-order valence-corrected chi connectivity index (χ1v) is 11.8. The second kappa shape index (κ2) is 9.20. The quantitative estimate of drug-likeness (QED) is 0.234. The average molecular weight is 477 g/mol. The van der Waals surface area contributed by atoms with Crippen LogP contribution >= 0.6 is 0 Å². The van der Waals surface area contributed by atoms with Crippen LogP contribution in [0.15, 0.2) is 73.4 Å². The number of fused-ring (bicyclic) bond motifs is 2. The molecular formula is C27H24N8O. The van der Waals surface area contributed by atoms with Crippen LogP contribution in [0.2, 0.25) is 0 Å². The summed E-state index contributed by atoms with van der Waals surface area (Å²) < 4.78 is 0. The van der Waals surface area contributed by atoms with Gasteiger partial charge >= 0.3 is 0 Å². The van der Waals surface area contributed by atoms with Crippen LogP contribution in [0.1, 0.15) is 19.8 Å². The van der Waals surface area contributed by atoms with Gasteiger partial charge in [-0.1, -0.05) is 19.4 Å². The Labute approximate surface area is 206 Å². The van der Waals surface area contributed by atoms with Crippen molar-refractivity contribution in [3.05, 3.63) is 73.4 Å². The first-order valence-electron chi connectivity index (χ1n) is 11.8. The molecule has 1 atom stereocenters. The third kappa shape index (κ3) is 4.05. The van der Waals surface area contributed by atoms with Gasteiger partial charge in [0.25, 0.3) is 0 Å². The fourth-order valence-corrected chi connectivity index (χ4v) is 4.38. The molecule has 9 nitrogen and oxygen atoms in total. The highest BCUT2D eigenvalue weighted by molar-refractivity contribution is 5.97. The molecule has 1 aromatic carbocycles. The third-order valence-electron chi connectivity index (χ3n) is 6.14. The number of nitrogens with zero attached hydrogens (tertiary/aromatic N) is 5. The highest BCUT2D eigenvalue weighted by Gasteiger charge is 2.16. The summed E-state index contributed by atoms with van der Waals surface area (Å²) in [5.41, 5.74) is 7.81. The monoisotopic (exact) mass is 476 g/mol. The van der Waals surface area contributed by atoms with Gasteiger partial charge in [-0.2, -0.15) is 5.10 Å². The zero-order valence-electron chi connectivity index (χ0n) is 19.6. The lowest BCUT2D eigenvalue weighted by Crippen LogP contribution is -2.18. The molecule has 0 bridgehead atoms. The van der Waals surface area contributed by atoms with E-state index in [0.717, 1.165) is 50.8 Å². The summed E-state index contributed by atoms with van der Waals surface area (Å²) >= 11 is 0. The Balaban J connectivity index is 1.40. The number of rotatable bonds is 7. The number of anilines is 1. The van der Waals surface area contributed by atoms with E-state index in [-0.39, 0.29) is 0 Å². The van der Waals surface area contributed by atoms with Gasteiger partial charge in [-0.25, -0.2) is 9.97 Å². The Morgan fingerprint density at radius 2 is 1.83 bits per heavy atom. The van der Waals surface area contributed by atoms with Crippen molar-refractivity contribution < 1.29 is 5.11 Å². The number of H-pyrrole nitrogens is 2. The number of aliphatic hydroxyl groups is 1. The van der Waals surface area contributed by atoms with Crippen LogP contribution in [-0.4, -0.2) is 46.5 Å². The van der Waals surface area contributed by atoms with Crippen molar-refractivity contribution in [3.63, 3.8) is 0 Å². The number of aromatic nitrogens is 7. The zero-order valence-corrected chi connectivity index (χ0v) is 19.6. The maximum absolute atomic E-state index is 10.1. The van der Waals surface area contributed by atoms with Crippen LogP contribution < -0.4 is 5.32 Å². The Bertz CT molecular complexity index is 1660. The number of aromatic amines is 2. The van der Waals surface area contributed by atoms with Crippen molar-refractivity contribution in [2.75, 3.05) is 5.32 Å². The maximum atomic E-state index is 10.1. The summed E-state index contributed by atoms with van der Waals surface area (Å²) in [6, 6.07) is 14.0. The van der Waals surface area contributed by atoms with Crippen LogP contribution in [-0.2, 0) is 0 Å². The number of aliphatic hydroxyl groups excluding tert-OH is 1. The molecule has 6 aromatic rings. The molecule has 0 fully saturated rings. The standard InChI is InChI=1S/C27H24N8O/c1-2-3-23(36)31-19-12-18(14-29-15-19)17-4-5-22-21(13-17)25(35-34-22)27-32-24-20(8-11-30-26(24)33-27)16-6-9-28-10-7-16/h4-15,23,31,36H,2-3H2,1H3,(H,34,35)(H,30,32,33). The van der Waals surface area contributed by atoms with Crippen LogP contribution in [0, 0.1) is 0 Å². The molecule has 5 heterocycles. The van der Waals surface area contributed by atoms with Gasteiger partial charge in [-0.05, 0) is 53.9 Å². The van der Waals surface area contributed by atoms with Crippen molar-refractivity contribution in [3.8, 4) is 33.8 Å². The largest absolute Gasteiger partial charge is 0.374 e. The minimum atomic E-state index is -0.603. The molecule has 0 saturated heterocycles. The van der Waals surface area contributed by atoms with Gasteiger partial charge in [0.2, 0.25) is 0 Å². The maximum Gasteiger partial charge on any atom is 0.178 e. The molecule has 9 heteroatoms. The fourth-order valence-electron chi connectivity index (χ4n) is 4.38. The predicted octanol–water partition coefficient (Wildman–Crippen LogP) is 5.16. The predicted molar refractivity (Wildman–Crippen MR) is 140 cm³/mol. The Morgan fingerprint density at radius 1 is 0.944 bits per heavy atom. The molecule has 0 aliphatic heterocycles. The normalized spacial score (nSPS) is 12.3. The Kier molecular flexibility index (Phi) is 5.59. The average Bonchev–Trinajstić information content (AvgIpc) is 3.53. The van der Waals surface area contributed by atoms with Gasteiger partial charge in [0.05, 0.1) is 22.9 Å². The van der Waals surface area contributed by atoms with E-state index in [1.807, 2.05) is 49.5 Å². The van der Waals surface area contributed by atoms with Crippen LogP contribution in [0.25, 0.3) is 55.8 Å². The Morgan fingerprint density at radius 3 is 2.69 bits per heavy atom. The van der Waals surface area contributed by atoms with E-state index >= 15 is 0 Å². The molecule has 5 aromatic heterocycles. The summed E-state index contributed by atoms with van der Waals surface area (Å²) in [6.45, 7) is 2.04. The van der Waals surface area contributed by atoms with E-state index in [1.54, 1.807) is 24.8 Å². The first-order chi connectivity index (χ1) is 17.7. The van der Waals surface area contributed by atoms with Gasteiger partial charge in [0, 0.05) is 41.3 Å². The molecule has 0 radical (unpaired) electrons. The molecule has 178 valence electrons. The number of imidazole rings is 1. The van der Waals surface area contributed by atoms with Gasteiger partial charge < -0.3 is 15.4 Å². The van der Waals surface area contributed by atoms with E-state index in [4.69, 9.17) is 4.98 Å². The van der Waals surface area contributed by atoms with Crippen molar-refractivity contribution in [1.82, 2.24) is 35.1 Å². The number of benzene rings is 1. The van der Waals surface area contributed by atoms with Gasteiger partial charge in [-0.3, -0.25) is 15.1 Å². The van der Waals surface area contributed by atoms with Crippen LogP contribution in [0.3, 0.4) is 0 Å². The van der Waals surface area contributed by atoms with Crippen molar-refractivity contribution >= 4 is 27.8 Å². The molecule has 1 unspecified atom stereocenters. The number of hydrogen-bond acceptors (Lipinski definition) is 7. The molecule has 4 N–H and O–H groups in total. The van der Waals surface area contributed by atoms with Gasteiger partial charge in [-0.15, -0.1) is 0 Å². The summed E-state index contributed by atoms with van der Waals surface area (Å²) in [6.07, 6.45) is 9.78. The van der Waals surface area contributed by atoms with E-state index in [9.17, 15) is 5.11 Å². The van der Waals surface area contributed by atoms with Crippen molar-refractivity contribution in [2.24, 2.45) is 0 Å². The highest BCUT2D eigenvalue weighted by Crippen LogP contribution is 2.32. The lowest BCUT2D eigenvalue weighted by molar-refractivity contribution is 0.192. The van der Waals surface area contributed by atoms with Crippen molar-refractivity contribution in [2.45, 2.75) is 26.0 Å². The SMILES string of the molecule is CCCC(O)Nc1cncc(-c2ccc3[nH]nc(-c4nc5nccc(-c6ccncc6)c5[nH]4)c3c2)c1. The number of nitrogens with one attached hydrogen (secondary N) is 3. The fraction of sp³-hybridized carbons (Fsp3) is 0.148. The topological polar surface area (TPSA) is 128 Å². The van der Waals surface area contributed by atoms with E-state index < -0.39 is 6.23 Å². The first kappa shape index (κ1) is 21.9. The molecule has 0 saturated carbocycles. The number of hydrogen-bond donors (Lipinski definition) is 4. The molecule has 0 aliphatic carbocycles. The minimum absolute atomic E-state index is 0.603. The van der Waals surface area contributed by atoms with Crippen molar-refractivity contribution in [1.29, 1.82) is 0 Å². The summed E-state index contributed by atoms with van der Waals surface area (Å²) in [7, 11) is 0. The summed E-state index contributed by atoms with van der Waals surface area (Å²) in [5.74, 6) is 0.638. The Hall–Kier alpha value is -4.63. The van der Waals surface area contributed by atoms with E-state index in [2.05, 4.69) is 41.5 Å². The summed E-state index contributed by atoms with van der Waals surface area (Å²) in [5, 5.41) is 21.8. The summed E-state index contributed by atoms with van der Waals surface area (Å²) in [4.78, 5) is 21.1. The second-order valence-corrected chi connectivity index (χ2v) is 8.62. The molecule has 6 rings (SSSR count). The molecule has 0 spiro atoms. The van der Waals surface area contributed by atoms with Gasteiger partial charge in [0.15, 0.2) is 11.5 Å². The lowest BCUT2D eigenvalue weighted by Gasteiger charge is -2.13. The van der Waals surface area contributed by atoms with E-state index in [0.29, 0.717) is 23.6 Å². The third-order valence-corrected chi connectivity index (χ3v) is 6.14. The minimum Gasteiger partial charge on any atom is -0.374 e. The smallest absolute Gasteiger partial charge is 0.178 e. The molecule has 36 heavy (non-hydrogen) atoms. The number of pyridine rings is 3. The molecule has 0 amide bonds. The molecule has 0 aliphatic rings. The lowest BCUT2D eigenvalue weighted by atomic mass is 10.0. The van der Waals surface area contributed by atoms with Crippen LogP contribution in [0.4, 0.5) is 5.69 Å². The second-order valence-electron chi connectivity index (χ2n) is 8.62. The highest BCUT2D eigenvalue weighted by atomic mass is 16.3. The van der Waals surface area contributed by atoms with Gasteiger partial charge in [0.1, 0.15) is 11.9 Å². The van der Waals surface area contributed by atoms with E-state index in [1.165, 1.54) is 0 Å².